The molecule has 178 valence electrons. The molecule has 1 aromatic carbocycles. The van der Waals surface area contributed by atoms with E-state index in [1.807, 2.05) is 0 Å². The normalized spacial score (nSPS) is 28.3. The Hall–Kier alpha value is -0.970. The number of hydrogen-bond donors (Lipinski definition) is 1. The largest absolute Gasteiger partial charge is 0.490 e. The Morgan fingerprint density at radius 1 is 0.750 bits per heavy atom. The highest BCUT2D eigenvalue weighted by Crippen LogP contribution is 2.64. The van der Waals surface area contributed by atoms with Crippen LogP contribution in [0.1, 0.15) is 114 Å². The Balaban J connectivity index is 1.46. The molecule has 3 nitrogen and oxygen atoms in total. The third kappa shape index (κ3) is 5.08. The van der Waals surface area contributed by atoms with Gasteiger partial charge in [-0.1, -0.05) is 56.7 Å². The van der Waals surface area contributed by atoms with Gasteiger partial charge in [-0.3, -0.25) is 0 Å². The quantitative estimate of drug-likeness (QED) is 0.450. The van der Waals surface area contributed by atoms with Gasteiger partial charge in [0.1, 0.15) is 5.75 Å². The van der Waals surface area contributed by atoms with Crippen LogP contribution in [0.15, 0.2) is 24.3 Å². The molecule has 1 aliphatic heterocycles. The van der Waals surface area contributed by atoms with E-state index in [2.05, 4.69) is 24.3 Å². The van der Waals surface area contributed by atoms with Crippen molar-refractivity contribution in [1.82, 2.24) is 0 Å². The average molecular weight is 459 g/mol. The van der Waals surface area contributed by atoms with Crippen LogP contribution in [0.25, 0.3) is 4.91 Å². The summed E-state index contributed by atoms with van der Waals surface area (Å²) in [6, 6.07) is 6.57. The maximum Gasteiger partial charge on any atom is 0.128 e. The Morgan fingerprint density at radius 3 is 2.03 bits per heavy atom. The van der Waals surface area contributed by atoms with E-state index in [1.54, 1.807) is 0 Å². The van der Waals surface area contributed by atoms with Crippen molar-refractivity contribution in [1.29, 1.82) is 0 Å². The van der Waals surface area contributed by atoms with Crippen LogP contribution in [0.3, 0.4) is 0 Å². The van der Waals surface area contributed by atoms with Crippen LogP contribution in [-0.2, 0) is 4.74 Å². The van der Waals surface area contributed by atoms with E-state index in [-0.39, 0.29) is 6.10 Å². The molecule has 1 unspecified atom stereocenters. The lowest BCUT2D eigenvalue weighted by Crippen LogP contribution is -2.22. The fourth-order valence-corrected chi connectivity index (χ4v) is 9.26. The van der Waals surface area contributed by atoms with E-state index in [1.165, 1.54) is 80.2 Å². The van der Waals surface area contributed by atoms with Gasteiger partial charge in [0.05, 0.1) is 18.3 Å². The van der Waals surface area contributed by atoms with E-state index in [0.717, 1.165) is 49.4 Å². The van der Waals surface area contributed by atoms with Gasteiger partial charge in [0.25, 0.3) is 0 Å². The predicted molar refractivity (Wildman–Crippen MR) is 136 cm³/mol. The van der Waals surface area contributed by atoms with E-state index in [4.69, 9.17) is 9.47 Å². The van der Waals surface area contributed by atoms with Gasteiger partial charge in [0.2, 0.25) is 0 Å². The number of fused-ring (bicyclic) bond motifs is 1. The van der Waals surface area contributed by atoms with Crippen molar-refractivity contribution < 1.29 is 14.0 Å². The van der Waals surface area contributed by atoms with E-state index < -0.39 is 10.3 Å². The van der Waals surface area contributed by atoms with Crippen LogP contribution >= 0.6 is 10.3 Å². The molecule has 3 fully saturated rings. The topological polar surface area (TPSA) is 38.7 Å². The molecule has 32 heavy (non-hydrogen) atoms. The van der Waals surface area contributed by atoms with Crippen molar-refractivity contribution >= 4 is 15.2 Å². The zero-order valence-corrected chi connectivity index (χ0v) is 20.6. The number of hydrogen-bond acceptors (Lipinski definition) is 3. The van der Waals surface area contributed by atoms with Crippen molar-refractivity contribution in [3.05, 3.63) is 35.4 Å². The van der Waals surface area contributed by atoms with E-state index in [9.17, 15) is 4.55 Å². The van der Waals surface area contributed by atoms with Gasteiger partial charge in [0.15, 0.2) is 0 Å². The molecule has 1 saturated heterocycles. The summed E-state index contributed by atoms with van der Waals surface area (Å²) < 4.78 is 25.2. The Bertz CT molecular complexity index is 782. The van der Waals surface area contributed by atoms with Gasteiger partial charge in [0, 0.05) is 22.0 Å². The molecule has 2 saturated carbocycles. The molecule has 0 radical (unpaired) electrons. The minimum Gasteiger partial charge on any atom is -0.490 e. The van der Waals surface area contributed by atoms with Gasteiger partial charge in [-0.15, -0.1) is 10.3 Å². The molecule has 4 heteroatoms. The van der Waals surface area contributed by atoms with Gasteiger partial charge in [-0.05, 0) is 69.4 Å². The molecule has 0 amide bonds. The Morgan fingerprint density at radius 2 is 1.38 bits per heavy atom. The standard InChI is InChI=1S/C28H42O3S/c29-32(20-9-10-21-32)27-19-18-25(30-22-12-5-1-2-6-13-22)24-16-11-17-26(28(24)27)31-23-14-7-3-4-8-15-23/h11,16-17,19,22-23,25,29H,1-10,12-15,18,20-21H2. The molecule has 4 aliphatic rings. The molecule has 5 rings (SSSR count). The minimum absolute atomic E-state index is 0.0962. The monoisotopic (exact) mass is 458 g/mol. The Kier molecular flexibility index (Phi) is 7.50. The maximum absolute atomic E-state index is 11.7. The smallest absolute Gasteiger partial charge is 0.128 e. The lowest BCUT2D eigenvalue weighted by Gasteiger charge is -2.38. The fraction of sp³-hybridized carbons (Fsp3) is 0.714. The summed E-state index contributed by atoms with van der Waals surface area (Å²) in [7, 11) is -1.73. The summed E-state index contributed by atoms with van der Waals surface area (Å²) in [5, 5.41) is 0. The third-order valence-corrected chi connectivity index (χ3v) is 11.2. The second kappa shape index (κ2) is 10.5. The first-order valence-electron chi connectivity index (χ1n) is 13.4. The number of benzene rings is 1. The predicted octanol–water partition coefficient (Wildman–Crippen LogP) is 8.38. The average Bonchev–Trinajstić information content (AvgIpc) is 2.99. The third-order valence-electron chi connectivity index (χ3n) is 8.05. The van der Waals surface area contributed by atoms with Gasteiger partial charge in [-0.25, -0.2) is 0 Å². The second-order valence-electron chi connectivity index (χ2n) is 10.5. The number of ether oxygens (including phenoxy) is 2. The summed E-state index contributed by atoms with van der Waals surface area (Å²) in [6.07, 6.45) is 21.5. The first-order valence-corrected chi connectivity index (χ1v) is 15.3. The molecule has 1 N–H and O–H groups in total. The Labute approximate surface area is 196 Å². The van der Waals surface area contributed by atoms with Gasteiger partial charge in [-0.2, -0.15) is 0 Å². The highest BCUT2D eigenvalue weighted by molar-refractivity contribution is 8.36. The maximum atomic E-state index is 11.7. The van der Waals surface area contributed by atoms with Crippen molar-refractivity contribution in [2.45, 2.75) is 115 Å². The summed E-state index contributed by atoms with van der Waals surface area (Å²) in [5.74, 6) is 2.90. The van der Waals surface area contributed by atoms with E-state index >= 15 is 0 Å². The van der Waals surface area contributed by atoms with Crippen LogP contribution in [-0.4, -0.2) is 28.3 Å². The first kappa shape index (κ1) is 22.8. The van der Waals surface area contributed by atoms with Crippen LogP contribution < -0.4 is 4.74 Å². The highest BCUT2D eigenvalue weighted by Gasteiger charge is 2.37. The fourth-order valence-electron chi connectivity index (χ4n) is 6.25. The van der Waals surface area contributed by atoms with Crippen LogP contribution in [0.2, 0.25) is 0 Å². The molecule has 1 atom stereocenters. The lowest BCUT2D eigenvalue weighted by atomic mass is 9.93. The van der Waals surface area contributed by atoms with Crippen LogP contribution in [0.4, 0.5) is 0 Å². The molecule has 3 aliphatic carbocycles. The summed E-state index contributed by atoms with van der Waals surface area (Å²) in [6.45, 7) is 0. The van der Waals surface area contributed by atoms with Crippen LogP contribution in [0, 0.1) is 0 Å². The first-order chi connectivity index (χ1) is 15.7. The van der Waals surface area contributed by atoms with Crippen molar-refractivity contribution in [3.8, 4) is 5.75 Å². The zero-order valence-electron chi connectivity index (χ0n) is 19.7. The molecule has 1 aromatic rings. The second-order valence-corrected chi connectivity index (χ2v) is 13.4. The molecule has 0 spiro atoms. The van der Waals surface area contributed by atoms with Gasteiger partial charge >= 0.3 is 0 Å². The summed E-state index contributed by atoms with van der Waals surface area (Å²) in [5.41, 5.74) is 2.46. The lowest BCUT2D eigenvalue weighted by molar-refractivity contribution is -0.0201. The summed E-state index contributed by atoms with van der Waals surface area (Å²) in [4.78, 5) is 1.20. The van der Waals surface area contributed by atoms with Crippen molar-refractivity contribution in [2.24, 2.45) is 0 Å². The van der Waals surface area contributed by atoms with Crippen molar-refractivity contribution in [3.63, 3.8) is 0 Å². The summed E-state index contributed by atoms with van der Waals surface area (Å²) >= 11 is 0. The minimum atomic E-state index is -1.73. The molecule has 0 aromatic heterocycles. The van der Waals surface area contributed by atoms with Crippen molar-refractivity contribution in [2.75, 3.05) is 11.5 Å². The van der Waals surface area contributed by atoms with Crippen LogP contribution in [0.5, 0.6) is 5.75 Å². The SMILES string of the molecule is OS1(C2=CCC(OC3CCCCCC3)c3cccc(OC4CCCCCC4)c32)CCCC1. The molecule has 0 bridgehead atoms. The molecule has 1 heterocycles. The zero-order chi connectivity index (χ0) is 21.8. The highest BCUT2D eigenvalue weighted by atomic mass is 32.3. The molecular formula is C28H42O3S. The van der Waals surface area contributed by atoms with Gasteiger partial charge < -0.3 is 14.0 Å². The number of rotatable bonds is 5. The molecular weight excluding hydrogens is 416 g/mol. The van der Waals surface area contributed by atoms with E-state index in [0.29, 0.717) is 12.2 Å².